The average molecular weight is 191 g/mol. The molecular formula is C8H5N3OS. The Morgan fingerprint density at radius 1 is 1.62 bits per heavy atom. The fourth-order valence-electron chi connectivity index (χ4n) is 1.15. The summed E-state index contributed by atoms with van der Waals surface area (Å²) in [4.78, 5) is 14.5. The third kappa shape index (κ3) is 0.999. The molecule has 3 N–H and O–H groups in total. The highest BCUT2D eigenvalue weighted by molar-refractivity contribution is 7.16. The lowest BCUT2D eigenvalue weighted by atomic mass is 10.2. The average Bonchev–Trinajstić information content (AvgIpc) is 2.53. The van der Waals surface area contributed by atoms with E-state index in [0.29, 0.717) is 4.83 Å². The predicted octanol–water partition coefficient (Wildman–Crippen LogP) is 1.04. The highest BCUT2D eigenvalue weighted by Gasteiger charge is 2.09. The zero-order valence-electron chi connectivity index (χ0n) is 6.50. The standard InChI is InChI=1S/C8H5N3OS/c9-3-5-6(10)4-1-2-13-8(4)11-7(5)12/h1-2H,(H3,10,11,12). The van der Waals surface area contributed by atoms with Crippen LogP contribution in [0.25, 0.3) is 10.2 Å². The van der Waals surface area contributed by atoms with E-state index in [2.05, 4.69) is 4.98 Å². The van der Waals surface area contributed by atoms with E-state index in [1.54, 1.807) is 12.1 Å². The number of anilines is 1. The highest BCUT2D eigenvalue weighted by atomic mass is 32.1. The molecule has 0 aliphatic rings. The van der Waals surface area contributed by atoms with E-state index in [1.807, 2.05) is 5.38 Å². The fourth-order valence-corrected chi connectivity index (χ4v) is 1.95. The molecule has 2 aromatic heterocycles. The largest absolute Gasteiger partial charge is 0.397 e. The summed E-state index contributed by atoms with van der Waals surface area (Å²) < 4.78 is 0. The summed E-state index contributed by atoms with van der Waals surface area (Å²) in [5.41, 5.74) is 5.48. The lowest BCUT2D eigenvalue weighted by Gasteiger charge is -1.97. The molecule has 0 unspecified atom stereocenters. The van der Waals surface area contributed by atoms with Gasteiger partial charge in [-0.1, -0.05) is 0 Å². The van der Waals surface area contributed by atoms with E-state index in [-0.39, 0.29) is 11.3 Å². The van der Waals surface area contributed by atoms with Crippen LogP contribution in [0.1, 0.15) is 5.56 Å². The molecule has 0 amide bonds. The molecule has 5 heteroatoms. The molecule has 0 saturated heterocycles. The molecule has 64 valence electrons. The van der Waals surface area contributed by atoms with Gasteiger partial charge in [0.25, 0.3) is 5.56 Å². The smallest absolute Gasteiger partial charge is 0.269 e. The van der Waals surface area contributed by atoms with E-state index in [4.69, 9.17) is 11.0 Å². The van der Waals surface area contributed by atoms with Gasteiger partial charge in [0.15, 0.2) is 0 Å². The topological polar surface area (TPSA) is 82.7 Å². The quantitative estimate of drug-likeness (QED) is 0.652. The Morgan fingerprint density at radius 3 is 3.08 bits per heavy atom. The summed E-state index contributed by atoms with van der Waals surface area (Å²) in [5, 5.41) is 11.2. The molecule has 4 nitrogen and oxygen atoms in total. The molecule has 0 radical (unpaired) electrons. The maximum atomic E-state index is 11.2. The Labute approximate surface area is 77.2 Å². The van der Waals surface area contributed by atoms with E-state index < -0.39 is 5.56 Å². The number of aromatic nitrogens is 1. The van der Waals surface area contributed by atoms with Crippen LogP contribution in [0.4, 0.5) is 5.69 Å². The van der Waals surface area contributed by atoms with Crippen LogP contribution in [0, 0.1) is 11.3 Å². The number of hydrogen-bond acceptors (Lipinski definition) is 4. The summed E-state index contributed by atoms with van der Waals surface area (Å²) in [6, 6.07) is 3.57. The number of pyridine rings is 1. The number of hydrogen-bond donors (Lipinski definition) is 2. The second kappa shape index (κ2) is 2.61. The van der Waals surface area contributed by atoms with Crippen LogP contribution >= 0.6 is 11.3 Å². The molecule has 13 heavy (non-hydrogen) atoms. The number of nitriles is 1. The van der Waals surface area contributed by atoms with Gasteiger partial charge in [-0.15, -0.1) is 11.3 Å². The Morgan fingerprint density at radius 2 is 2.38 bits per heavy atom. The van der Waals surface area contributed by atoms with Crippen LogP contribution in [0.15, 0.2) is 16.2 Å². The third-order valence-corrected chi connectivity index (χ3v) is 2.62. The number of fused-ring (bicyclic) bond motifs is 1. The Balaban J connectivity index is 3.04. The number of H-pyrrole nitrogens is 1. The van der Waals surface area contributed by atoms with Crippen molar-refractivity contribution >= 4 is 27.2 Å². The van der Waals surface area contributed by atoms with Gasteiger partial charge < -0.3 is 10.7 Å². The molecule has 0 aliphatic heterocycles. The lowest BCUT2D eigenvalue weighted by Crippen LogP contribution is -2.12. The number of thiophene rings is 1. The maximum Gasteiger partial charge on any atom is 0.269 e. The number of nitrogens with two attached hydrogens (primary N) is 1. The molecule has 2 rings (SSSR count). The number of rotatable bonds is 0. The first-order valence-corrected chi connectivity index (χ1v) is 4.41. The highest BCUT2D eigenvalue weighted by Crippen LogP contribution is 2.24. The molecule has 0 saturated carbocycles. The summed E-state index contributed by atoms with van der Waals surface area (Å²) in [5.74, 6) is 0. The van der Waals surface area contributed by atoms with Crippen LogP contribution < -0.4 is 11.3 Å². The van der Waals surface area contributed by atoms with Crippen LogP contribution in [-0.2, 0) is 0 Å². The van der Waals surface area contributed by atoms with Crippen molar-refractivity contribution in [2.24, 2.45) is 0 Å². The minimum atomic E-state index is -0.421. The van der Waals surface area contributed by atoms with Gasteiger partial charge in [-0.2, -0.15) is 5.26 Å². The molecule has 0 aliphatic carbocycles. The van der Waals surface area contributed by atoms with E-state index in [0.717, 1.165) is 5.39 Å². The number of nitrogens with zero attached hydrogens (tertiary/aromatic N) is 1. The van der Waals surface area contributed by atoms with Gasteiger partial charge in [0.1, 0.15) is 16.5 Å². The Kier molecular flexibility index (Phi) is 1.57. The minimum absolute atomic E-state index is 0.00843. The molecule has 2 aromatic rings. The zero-order chi connectivity index (χ0) is 9.42. The monoisotopic (exact) mass is 191 g/mol. The van der Waals surface area contributed by atoms with E-state index >= 15 is 0 Å². The van der Waals surface area contributed by atoms with E-state index in [1.165, 1.54) is 11.3 Å². The number of aromatic amines is 1. The molecule has 0 atom stereocenters. The molecule has 0 bridgehead atoms. The van der Waals surface area contributed by atoms with Crippen molar-refractivity contribution in [1.29, 1.82) is 5.26 Å². The van der Waals surface area contributed by atoms with Gasteiger partial charge in [-0.25, -0.2) is 0 Å². The molecule has 0 fully saturated rings. The van der Waals surface area contributed by atoms with Crippen molar-refractivity contribution in [2.45, 2.75) is 0 Å². The normalized spacial score (nSPS) is 10.1. The number of nitrogen functional groups attached to an aromatic ring is 1. The summed E-state index contributed by atoms with van der Waals surface area (Å²) in [6.45, 7) is 0. The van der Waals surface area contributed by atoms with Crippen molar-refractivity contribution < 1.29 is 0 Å². The maximum absolute atomic E-state index is 11.2. The van der Waals surface area contributed by atoms with Gasteiger partial charge in [-0.3, -0.25) is 4.79 Å². The van der Waals surface area contributed by atoms with Gasteiger partial charge in [0.2, 0.25) is 0 Å². The SMILES string of the molecule is N#Cc1c(N)c2ccsc2[nH]c1=O. The molecule has 2 heterocycles. The summed E-state index contributed by atoms with van der Waals surface area (Å²) >= 11 is 1.39. The van der Waals surface area contributed by atoms with Gasteiger partial charge >= 0.3 is 0 Å². The van der Waals surface area contributed by atoms with Gasteiger partial charge in [-0.05, 0) is 11.4 Å². The van der Waals surface area contributed by atoms with Crippen LogP contribution in [0.3, 0.4) is 0 Å². The van der Waals surface area contributed by atoms with Crippen molar-refractivity contribution in [1.82, 2.24) is 4.98 Å². The van der Waals surface area contributed by atoms with Crippen LogP contribution in [0.5, 0.6) is 0 Å². The predicted molar refractivity (Wildman–Crippen MR) is 51.6 cm³/mol. The van der Waals surface area contributed by atoms with Gasteiger partial charge in [0.05, 0.1) is 5.69 Å². The van der Waals surface area contributed by atoms with Gasteiger partial charge in [0, 0.05) is 5.39 Å². The molecule has 0 spiro atoms. The summed E-state index contributed by atoms with van der Waals surface area (Å²) in [6.07, 6.45) is 0. The second-order valence-electron chi connectivity index (χ2n) is 2.52. The first-order chi connectivity index (χ1) is 6.24. The lowest BCUT2D eigenvalue weighted by molar-refractivity contribution is 1.29. The summed E-state index contributed by atoms with van der Waals surface area (Å²) in [7, 11) is 0. The third-order valence-electron chi connectivity index (χ3n) is 1.79. The van der Waals surface area contributed by atoms with Crippen LogP contribution in [0.2, 0.25) is 0 Å². The van der Waals surface area contributed by atoms with Crippen molar-refractivity contribution in [3.05, 3.63) is 27.4 Å². The first kappa shape index (κ1) is 7.83. The Bertz CT molecular complexity index is 561. The van der Waals surface area contributed by atoms with E-state index in [9.17, 15) is 4.79 Å². The minimum Gasteiger partial charge on any atom is -0.397 e. The molecule has 0 aromatic carbocycles. The number of nitrogens with one attached hydrogen (secondary N) is 1. The van der Waals surface area contributed by atoms with Crippen molar-refractivity contribution in [3.8, 4) is 6.07 Å². The first-order valence-electron chi connectivity index (χ1n) is 3.53. The Hall–Kier alpha value is -1.80. The van der Waals surface area contributed by atoms with Crippen molar-refractivity contribution in [2.75, 3.05) is 5.73 Å². The second-order valence-corrected chi connectivity index (χ2v) is 3.43. The fraction of sp³-hybridized carbons (Fsp3) is 0. The molecular weight excluding hydrogens is 186 g/mol. The van der Waals surface area contributed by atoms with Crippen LogP contribution in [-0.4, -0.2) is 4.98 Å². The van der Waals surface area contributed by atoms with Crippen molar-refractivity contribution in [3.63, 3.8) is 0 Å². The zero-order valence-corrected chi connectivity index (χ0v) is 7.31.